The van der Waals surface area contributed by atoms with Crippen molar-refractivity contribution >= 4 is 23.4 Å². The van der Waals surface area contributed by atoms with E-state index in [2.05, 4.69) is 4.74 Å². The number of allylic oxidation sites excluding steroid dienone is 6. The molecule has 1 fully saturated rings. The molecular formula is C26H22F3NO6. The number of hydrogen-bond acceptors (Lipinski definition) is 6. The molecule has 0 radical (unpaired) electrons. The Bertz CT molecular complexity index is 1320. The molecular weight excluding hydrogens is 479 g/mol. The molecule has 4 aliphatic rings. The number of halogens is 3. The summed E-state index contributed by atoms with van der Waals surface area (Å²) in [5, 5.41) is 10.7. The molecule has 4 unspecified atom stereocenters. The van der Waals surface area contributed by atoms with Crippen molar-refractivity contribution in [2.24, 2.45) is 17.8 Å². The molecule has 0 aromatic heterocycles. The second-order valence-electron chi connectivity index (χ2n) is 9.42. The van der Waals surface area contributed by atoms with Gasteiger partial charge in [0.1, 0.15) is 11.5 Å². The smallest absolute Gasteiger partial charge is 0.508 e. The quantitative estimate of drug-likeness (QED) is 0.385. The summed E-state index contributed by atoms with van der Waals surface area (Å²) >= 11 is 0. The Hall–Kier alpha value is -3.69. The van der Waals surface area contributed by atoms with Crippen LogP contribution in [0, 0.1) is 17.8 Å². The number of phenolic OH excluding ortho intramolecular Hbond substituents is 1. The number of carbonyl (C=O) groups excluding carboxylic acids is 4. The van der Waals surface area contributed by atoms with Gasteiger partial charge in [0.25, 0.3) is 0 Å². The van der Waals surface area contributed by atoms with E-state index in [9.17, 15) is 37.5 Å². The molecule has 0 saturated carbocycles. The first-order chi connectivity index (χ1) is 16.9. The van der Waals surface area contributed by atoms with Gasteiger partial charge in [-0.25, -0.2) is 0 Å². The number of fused-ring (bicyclic) bond motifs is 3. The topological polar surface area (TPSA) is 101 Å². The maximum atomic E-state index is 13.2. The number of amides is 2. The van der Waals surface area contributed by atoms with Crippen LogP contribution < -0.4 is 4.74 Å². The van der Waals surface area contributed by atoms with Crippen molar-refractivity contribution in [3.05, 3.63) is 58.2 Å². The lowest BCUT2D eigenvalue weighted by atomic mass is 9.59. The average molecular weight is 501 g/mol. The number of Topliss-reactive ketones (excluding diaryl/α,β-unsaturated/α-hetero) is 1. The zero-order valence-electron chi connectivity index (χ0n) is 19.4. The van der Waals surface area contributed by atoms with Crippen LogP contribution in [0.25, 0.3) is 0 Å². The van der Waals surface area contributed by atoms with E-state index in [1.54, 1.807) is 13.0 Å². The van der Waals surface area contributed by atoms with E-state index in [1.165, 1.54) is 17.9 Å². The van der Waals surface area contributed by atoms with Crippen molar-refractivity contribution in [1.82, 2.24) is 4.90 Å². The Balaban J connectivity index is 1.70. The molecule has 1 heterocycles. The number of carbonyl (C=O) groups is 4. The first-order valence-corrected chi connectivity index (χ1v) is 11.6. The fourth-order valence-corrected chi connectivity index (χ4v) is 6.08. The summed E-state index contributed by atoms with van der Waals surface area (Å²) in [4.78, 5) is 53.6. The lowest BCUT2D eigenvalue weighted by Gasteiger charge is -2.42. The van der Waals surface area contributed by atoms with Crippen LogP contribution in [0.15, 0.2) is 52.6 Å². The van der Waals surface area contributed by atoms with E-state index in [4.69, 9.17) is 0 Å². The Labute approximate surface area is 203 Å². The molecule has 1 aliphatic heterocycles. The van der Waals surface area contributed by atoms with Crippen molar-refractivity contribution in [3.8, 4) is 11.5 Å². The van der Waals surface area contributed by atoms with Crippen molar-refractivity contribution in [3.63, 3.8) is 0 Å². The lowest BCUT2D eigenvalue weighted by Crippen LogP contribution is -2.39. The highest BCUT2D eigenvalue weighted by molar-refractivity contribution is 6.23. The number of aromatic hydroxyl groups is 1. The molecule has 1 aromatic rings. The number of hydrogen-bond donors (Lipinski definition) is 1. The summed E-state index contributed by atoms with van der Waals surface area (Å²) in [6, 6.07) is 2.98. The normalized spacial score (nSPS) is 28.0. The molecule has 4 atom stereocenters. The van der Waals surface area contributed by atoms with Gasteiger partial charge < -0.3 is 9.84 Å². The number of ketones is 2. The fourth-order valence-electron chi connectivity index (χ4n) is 6.08. The highest BCUT2D eigenvalue weighted by Crippen LogP contribution is 2.56. The predicted molar refractivity (Wildman–Crippen MR) is 119 cm³/mol. The minimum atomic E-state index is -4.98. The summed E-state index contributed by atoms with van der Waals surface area (Å²) < 4.78 is 42.8. The van der Waals surface area contributed by atoms with Crippen LogP contribution in [0.4, 0.5) is 13.2 Å². The maximum Gasteiger partial charge on any atom is 0.573 e. The van der Waals surface area contributed by atoms with Crippen LogP contribution in [-0.4, -0.2) is 46.3 Å². The maximum absolute atomic E-state index is 13.2. The van der Waals surface area contributed by atoms with Gasteiger partial charge in [-0.05, 0) is 56.9 Å². The largest absolute Gasteiger partial charge is 0.573 e. The molecule has 1 aromatic carbocycles. The van der Waals surface area contributed by atoms with Crippen LogP contribution in [0.5, 0.6) is 11.5 Å². The van der Waals surface area contributed by atoms with Gasteiger partial charge in [-0.1, -0.05) is 11.6 Å². The highest BCUT2D eigenvalue weighted by Gasteiger charge is 2.56. The monoisotopic (exact) mass is 501 g/mol. The zero-order valence-corrected chi connectivity index (χ0v) is 19.4. The van der Waals surface area contributed by atoms with Gasteiger partial charge >= 0.3 is 6.36 Å². The van der Waals surface area contributed by atoms with Crippen molar-refractivity contribution in [2.75, 3.05) is 6.54 Å². The summed E-state index contributed by atoms with van der Waals surface area (Å²) in [5.74, 6) is -5.63. The third-order valence-corrected chi connectivity index (χ3v) is 7.51. The first kappa shape index (κ1) is 24.0. The summed E-state index contributed by atoms with van der Waals surface area (Å²) in [6.07, 6.45) is -1.83. The number of imide groups is 1. The average Bonchev–Trinajstić information content (AvgIpc) is 3.06. The van der Waals surface area contributed by atoms with E-state index in [0.29, 0.717) is 5.57 Å². The van der Waals surface area contributed by atoms with Crippen LogP contribution in [0.2, 0.25) is 0 Å². The van der Waals surface area contributed by atoms with Gasteiger partial charge in [-0.3, -0.25) is 24.1 Å². The number of alkyl halides is 3. The third-order valence-electron chi connectivity index (χ3n) is 7.51. The number of rotatable bonds is 3. The molecule has 0 spiro atoms. The molecule has 188 valence electrons. The van der Waals surface area contributed by atoms with Gasteiger partial charge in [-0.15, -0.1) is 13.2 Å². The molecule has 5 rings (SSSR count). The second kappa shape index (κ2) is 8.18. The van der Waals surface area contributed by atoms with Gasteiger partial charge in [-0.2, -0.15) is 0 Å². The van der Waals surface area contributed by atoms with Crippen LogP contribution in [0.3, 0.4) is 0 Å². The fraction of sp³-hybridized carbons (Fsp3) is 0.385. The molecule has 1 saturated heterocycles. The Morgan fingerprint density at radius 2 is 1.83 bits per heavy atom. The Morgan fingerprint density at radius 1 is 1.11 bits per heavy atom. The van der Waals surface area contributed by atoms with Gasteiger partial charge in [0, 0.05) is 34.7 Å². The van der Waals surface area contributed by atoms with E-state index in [1.807, 2.05) is 0 Å². The van der Waals surface area contributed by atoms with Gasteiger partial charge in [0.2, 0.25) is 11.8 Å². The standard InChI is InChI=1S/C26H22F3NO6/c1-3-30-24(34)14-6-5-13-15(21(14)25(30)35)10-17-22(19(32)8-11(2)23(17)33)20(13)16-9-12(4-7-18(16)31)36-26(27,28)29/h4-5,7-9,14-15,20-21,31H,3,6,10H2,1-2H3. The molecule has 1 N–H and O–H groups in total. The minimum Gasteiger partial charge on any atom is -0.508 e. The second-order valence-corrected chi connectivity index (χ2v) is 9.42. The molecule has 7 nitrogen and oxygen atoms in total. The van der Waals surface area contributed by atoms with Crippen molar-refractivity contribution in [1.29, 1.82) is 0 Å². The molecule has 3 aliphatic carbocycles. The van der Waals surface area contributed by atoms with Crippen LogP contribution >= 0.6 is 0 Å². The van der Waals surface area contributed by atoms with Crippen molar-refractivity contribution in [2.45, 2.75) is 39.0 Å². The van der Waals surface area contributed by atoms with Crippen LogP contribution in [0.1, 0.15) is 38.2 Å². The van der Waals surface area contributed by atoms with Gasteiger partial charge in [0.05, 0.1) is 11.8 Å². The van der Waals surface area contributed by atoms with E-state index in [0.717, 1.165) is 18.2 Å². The van der Waals surface area contributed by atoms with E-state index in [-0.39, 0.29) is 59.2 Å². The Kier molecular flexibility index (Phi) is 5.46. The third kappa shape index (κ3) is 3.58. The van der Waals surface area contributed by atoms with Crippen LogP contribution in [-0.2, 0) is 19.2 Å². The summed E-state index contributed by atoms with van der Waals surface area (Å²) in [7, 11) is 0. The number of phenols is 1. The SMILES string of the molecule is CCN1C(=O)C2CC=C3C(c4cc(OC(F)(F)F)ccc4O)C4=C(CC3C2C1=O)C(=O)C(C)=CC4=O. The summed E-state index contributed by atoms with van der Waals surface area (Å²) in [6.45, 7) is 3.38. The summed E-state index contributed by atoms with van der Waals surface area (Å²) in [5.41, 5.74) is 0.916. The predicted octanol–water partition coefficient (Wildman–Crippen LogP) is 3.74. The number of likely N-dealkylation sites (tertiary alicyclic amines) is 1. The lowest BCUT2D eigenvalue weighted by molar-refractivity contribution is -0.274. The zero-order chi connectivity index (χ0) is 26.1. The number of benzene rings is 1. The molecule has 36 heavy (non-hydrogen) atoms. The van der Waals surface area contributed by atoms with Crippen molar-refractivity contribution < 1.29 is 42.2 Å². The minimum absolute atomic E-state index is 0.0446. The molecule has 2 amide bonds. The highest BCUT2D eigenvalue weighted by atomic mass is 19.4. The van der Waals surface area contributed by atoms with Gasteiger partial charge in [0.15, 0.2) is 11.6 Å². The molecule has 10 heteroatoms. The number of nitrogens with zero attached hydrogens (tertiary/aromatic N) is 1. The first-order valence-electron chi connectivity index (χ1n) is 11.6. The number of ether oxygens (including phenoxy) is 1. The molecule has 0 bridgehead atoms. The van der Waals surface area contributed by atoms with E-state index >= 15 is 0 Å². The Morgan fingerprint density at radius 3 is 2.50 bits per heavy atom. The van der Waals surface area contributed by atoms with E-state index < -0.39 is 47.3 Å².